The predicted molar refractivity (Wildman–Crippen MR) is 92.4 cm³/mol. The van der Waals surface area contributed by atoms with Crippen LogP contribution < -0.4 is 10.1 Å². The Morgan fingerprint density at radius 3 is 2.58 bits per heavy atom. The van der Waals surface area contributed by atoms with E-state index in [0.29, 0.717) is 5.76 Å². The molecule has 122 valence electrons. The molecule has 3 aromatic rings. The van der Waals surface area contributed by atoms with Crippen LogP contribution in [0.3, 0.4) is 0 Å². The number of amides is 1. The number of oxazole rings is 1. The maximum Gasteiger partial charge on any atom is 0.278 e. The Kier molecular flexibility index (Phi) is 4.33. The molecule has 0 saturated heterocycles. The van der Waals surface area contributed by atoms with E-state index in [4.69, 9.17) is 9.15 Å². The summed E-state index contributed by atoms with van der Waals surface area (Å²) in [6.07, 6.45) is 1.28. The van der Waals surface area contributed by atoms with Gasteiger partial charge < -0.3 is 14.5 Å². The van der Waals surface area contributed by atoms with Crippen molar-refractivity contribution in [2.24, 2.45) is 0 Å². The van der Waals surface area contributed by atoms with Crippen molar-refractivity contribution in [1.82, 2.24) is 4.98 Å². The number of ether oxygens (including phenoxy) is 1. The molecule has 0 atom stereocenters. The smallest absolute Gasteiger partial charge is 0.278 e. The monoisotopic (exact) mass is 322 g/mol. The van der Waals surface area contributed by atoms with Crippen molar-refractivity contribution in [3.05, 3.63) is 65.7 Å². The minimum atomic E-state index is -0.303. The number of carbonyl (C=O) groups excluding carboxylic acids is 1. The molecule has 0 aliphatic carbocycles. The molecule has 1 amide bonds. The van der Waals surface area contributed by atoms with E-state index in [1.165, 1.54) is 6.39 Å². The second-order valence-electron chi connectivity index (χ2n) is 5.46. The van der Waals surface area contributed by atoms with Crippen LogP contribution in [0, 0.1) is 13.8 Å². The van der Waals surface area contributed by atoms with Crippen molar-refractivity contribution in [3.63, 3.8) is 0 Å². The highest BCUT2D eigenvalue weighted by molar-refractivity contribution is 6.06. The normalized spacial score (nSPS) is 10.5. The number of hydrogen-bond donors (Lipinski definition) is 1. The average Bonchev–Trinajstić information content (AvgIpc) is 3.09. The lowest BCUT2D eigenvalue weighted by atomic mass is 10.1. The summed E-state index contributed by atoms with van der Waals surface area (Å²) in [6.45, 7) is 3.97. The van der Waals surface area contributed by atoms with Gasteiger partial charge in [0.25, 0.3) is 5.91 Å². The summed E-state index contributed by atoms with van der Waals surface area (Å²) >= 11 is 0. The summed E-state index contributed by atoms with van der Waals surface area (Å²) in [7, 11) is 1.60. The number of methoxy groups -OCH3 is 1. The average molecular weight is 322 g/mol. The zero-order valence-corrected chi connectivity index (χ0v) is 13.8. The van der Waals surface area contributed by atoms with E-state index in [-0.39, 0.29) is 11.6 Å². The Morgan fingerprint density at radius 2 is 1.88 bits per heavy atom. The molecule has 0 bridgehead atoms. The van der Waals surface area contributed by atoms with Crippen molar-refractivity contribution >= 4 is 11.6 Å². The molecule has 0 spiro atoms. The van der Waals surface area contributed by atoms with E-state index in [0.717, 1.165) is 28.1 Å². The highest BCUT2D eigenvalue weighted by Gasteiger charge is 2.19. The second-order valence-corrected chi connectivity index (χ2v) is 5.46. The number of hydrogen-bond acceptors (Lipinski definition) is 4. The van der Waals surface area contributed by atoms with Crippen LogP contribution >= 0.6 is 0 Å². The summed E-state index contributed by atoms with van der Waals surface area (Å²) in [5, 5.41) is 2.90. The van der Waals surface area contributed by atoms with Gasteiger partial charge >= 0.3 is 0 Å². The first-order valence-corrected chi connectivity index (χ1v) is 7.55. The summed E-state index contributed by atoms with van der Waals surface area (Å²) < 4.78 is 10.6. The molecule has 24 heavy (non-hydrogen) atoms. The molecule has 1 aromatic heterocycles. The van der Waals surface area contributed by atoms with Gasteiger partial charge in [-0.15, -0.1) is 0 Å². The summed E-state index contributed by atoms with van der Waals surface area (Å²) in [5.41, 5.74) is 3.92. The largest absolute Gasteiger partial charge is 0.497 e. The fourth-order valence-electron chi connectivity index (χ4n) is 2.42. The minimum Gasteiger partial charge on any atom is -0.497 e. The zero-order valence-electron chi connectivity index (χ0n) is 13.8. The topological polar surface area (TPSA) is 64.4 Å². The highest BCUT2D eigenvalue weighted by atomic mass is 16.5. The quantitative estimate of drug-likeness (QED) is 0.781. The van der Waals surface area contributed by atoms with Gasteiger partial charge in [-0.3, -0.25) is 4.79 Å². The SMILES string of the molecule is COc1ccc(-c2ocnc2C(=O)Nc2cccc(C)c2C)cc1. The van der Waals surface area contributed by atoms with Gasteiger partial charge in [-0.25, -0.2) is 4.98 Å². The molecule has 1 heterocycles. The first-order chi connectivity index (χ1) is 11.6. The number of anilines is 1. The van der Waals surface area contributed by atoms with Gasteiger partial charge in [0, 0.05) is 11.3 Å². The van der Waals surface area contributed by atoms with E-state index < -0.39 is 0 Å². The fraction of sp³-hybridized carbons (Fsp3) is 0.158. The molecule has 3 rings (SSSR count). The van der Waals surface area contributed by atoms with Crippen molar-refractivity contribution in [1.29, 1.82) is 0 Å². The lowest BCUT2D eigenvalue weighted by Gasteiger charge is -2.10. The summed E-state index contributed by atoms with van der Waals surface area (Å²) in [4.78, 5) is 16.7. The van der Waals surface area contributed by atoms with Crippen LogP contribution in [0.4, 0.5) is 5.69 Å². The number of nitrogens with one attached hydrogen (secondary N) is 1. The lowest BCUT2D eigenvalue weighted by molar-refractivity contribution is 0.102. The molecule has 1 N–H and O–H groups in total. The van der Waals surface area contributed by atoms with E-state index in [2.05, 4.69) is 10.3 Å². The Balaban J connectivity index is 1.89. The molecule has 0 aliphatic heterocycles. The van der Waals surface area contributed by atoms with Crippen LogP contribution in [-0.4, -0.2) is 18.0 Å². The van der Waals surface area contributed by atoms with Crippen molar-refractivity contribution in [3.8, 4) is 17.1 Å². The molecule has 2 aromatic carbocycles. The van der Waals surface area contributed by atoms with Crippen LogP contribution in [0.1, 0.15) is 21.6 Å². The van der Waals surface area contributed by atoms with Crippen LogP contribution in [0.5, 0.6) is 5.75 Å². The third kappa shape index (κ3) is 3.01. The predicted octanol–water partition coefficient (Wildman–Crippen LogP) is 4.22. The number of benzene rings is 2. The van der Waals surface area contributed by atoms with E-state index >= 15 is 0 Å². The minimum absolute atomic E-state index is 0.251. The number of nitrogens with zero attached hydrogens (tertiary/aromatic N) is 1. The first kappa shape index (κ1) is 15.8. The number of aryl methyl sites for hydroxylation is 1. The fourth-order valence-corrected chi connectivity index (χ4v) is 2.42. The number of carbonyl (C=O) groups is 1. The van der Waals surface area contributed by atoms with Gasteiger partial charge in [0.15, 0.2) is 17.8 Å². The van der Waals surface area contributed by atoms with Crippen molar-refractivity contribution in [2.75, 3.05) is 12.4 Å². The lowest BCUT2D eigenvalue weighted by Crippen LogP contribution is -2.14. The summed E-state index contributed by atoms with van der Waals surface area (Å²) in [5.74, 6) is 0.864. The van der Waals surface area contributed by atoms with Crippen LogP contribution in [0.25, 0.3) is 11.3 Å². The van der Waals surface area contributed by atoms with Crippen LogP contribution in [0.2, 0.25) is 0 Å². The maximum atomic E-state index is 12.6. The molecular weight excluding hydrogens is 304 g/mol. The Hall–Kier alpha value is -3.08. The Labute approximate surface area is 140 Å². The third-order valence-corrected chi connectivity index (χ3v) is 3.99. The van der Waals surface area contributed by atoms with Crippen molar-refractivity contribution in [2.45, 2.75) is 13.8 Å². The third-order valence-electron chi connectivity index (χ3n) is 3.99. The van der Waals surface area contributed by atoms with Crippen LogP contribution in [-0.2, 0) is 0 Å². The second kappa shape index (κ2) is 6.58. The highest BCUT2D eigenvalue weighted by Crippen LogP contribution is 2.26. The molecule has 5 heteroatoms. The van der Waals surface area contributed by atoms with Gasteiger partial charge in [-0.2, -0.15) is 0 Å². The Bertz CT molecular complexity index is 867. The Morgan fingerprint density at radius 1 is 1.12 bits per heavy atom. The maximum absolute atomic E-state index is 12.6. The standard InChI is InChI=1S/C19H18N2O3/c1-12-5-4-6-16(13(12)2)21-19(22)17-18(24-11-20-17)14-7-9-15(23-3)10-8-14/h4-11H,1-3H3,(H,21,22). The molecule has 0 saturated carbocycles. The molecule has 0 aliphatic rings. The number of aromatic nitrogens is 1. The van der Waals surface area contributed by atoms with Gasteiger partial charge in [-0.05, 0) is 55.3 Å². The van der Waals surface area contributed by atoms with Gasteiger partial charge in [0.1, 0.15) is 5.75 Å². The molecular formula is C19H18N2O3. The van der Waals surface area contributed by atoms with E-state index in [9.17, 15) is 4.79 Å². The first-order valence-electron chi connectivity index (χ1n) is 7.55. The van der Waals surface area contributed by atoms with E-state index in [1.807, 2.05) is 56.3 Å². The van der Waals surface area contributed by atoms with Gasteiger partial charge in [-0.1, -0.05) is 12.1 Å². The zero-order chi connectivity index (χ0) is 17.1. The molecule has 0 radical (unpaired) electrons. The van der Waals surface area contributed by atoms with Gasteiger partial charge in [0.2, 0.25) is 0 Å². The molecule has 0 fully saturated rings. The summed E-state index contributed by atoms with van der Waals surface area (Å²) in [6, 6.07) is 13.1. The van der Waals surface area contributed by atoms with Crippen molar-refractivity contribution < 1.29 is 13.9 Å². The van der Waals surface area contributed by atoms with Gasteiger partial charge in [0.05, 0.1) is 7.11 Å². The number of rotatable bonds is 4. The molecule has 5 nitrogen and oxygen atoms in total. The van der Waals surface area contributed by atoms with E-state index in [1.54, 1.807) is 7.11 Å². The molecule has 0 unspecified atom stereocenters. The van der Waals surface area contributed by atoms with Crippen LogP contribution in [0.15, 0.2) is 53.3 Å².